The number of hydrogen-bond donors (Lipinski definition) is 1. The van der Waals surface area contributed by atoms with Crippen molar-refractivity contribution in [1.82, 2.24) is 15.0 Å². The van der Waals surface area contributed by atoms with Gasteiger partial charge in [0.05, 0.1) is 18.8 Å². The van der Waals surface area contributed by atoms with Crippen molar-refractivity contribution in [2.24, 2.45) is 0 Å². The van der Waals surface area contributed by atoms with Crippen LogP contribution < -0.4 is 0 Å². The van der Waals surface area contributed by atoms with E-state index in [1.54, 1.807) is 0 Å². The first-order valence-corrected chi connectivity index (χ1v) is 5.46. The lowest BCUT2D eigenvalue weighted by molar-refractivity contribution is -0.145. The van der Waals surface area contributed by atoms with Gasteiger partial charge in [-0.3, -0.25) is 0 Å². The van der Waals surface area contributed by atoms with Gasteiger partial charge in [-0.2, -0.15) is 13.2 Å². The molecule has 0 aliphatic rings. The summed E-state index contributed by atoms with van der Waals surface area (Å²) in [7, 11) is 0. The number of halogens is 3. The summed E-state index contributed by atoms with van der Waals surface area (Å²) in [6.07, 6.45) is -4.82. The van der Waals surface area contributed by atoms with Crippen LogP contribution >= 0.6 is 0 Å². The predicted molar refractivity (Wildman–Crippen MR) is 57.3 cm³/mol. The standard InChI is InChI=1S/C10H14F3N3O3/c1-4-19-8(17)6-7(10(11,12)13)16(15-14-6)5-9(2,3)18/h18H,4-5H2,1-3H3. The molecule has 0 aliphatic heterocycles. The van der Waals surface area contributed by atoms with Crippen LogP contribution in [0.15, 0.2) is 0 Å². The number of rotatable bonds is 4. The summed E-state index contributed by atoms with van der Waals surface area (Å²) >= 11 is 0. The molecular weight excluding hydrogens is 267 g/mol. The number of esters is 1. The normalized spacial score (nSPS) is 12.6. The monoisotopic (exact) mass is 281 g/mol. The van der Waals surface area contributed by atoms with Gasteiger partial charge in [0.1, 0.15) is 0 Å². The first-order valence-electron chi connectivity index (χ1n) is 5.46. The second kappa shape index (κ2) is 5.16. The Morgan fingerprint density at radius 2 is 2.00 bits per heavy atom. The Balaban J connectivity index is 3.24. The van der Waals surface area contributed by atoms with Gasteiger partial charge in [-0.25, -0.2) is 9.48 Å². The first-order chi connectivity index (χ1) is 8.56. The van der Waals surface area contributed by atoms with Crippen LogP contribution in [0.5, 0.6) is 0 Å². The fourth-order valence-corrected chi connectivity index (χ4v) is 1.41. The summed E-state index contributed by atoms with van der Waals surface area (Å²) in [6.45, 7) is 3.58. The number of nitrogens with zero attached hydrogens (tertiary/aromatic N) is 3. The largest absolute Gasteiger partial charge is 0.461 e. The third kappa shape index (κ3) is 3.91. The van der Waals surface area contributed by atoms with Crippen LogP contribution in [0.2, 0.25) is 0 Å². The Labute approximate surface area is 107 Å². The second-order valence-electron chi connectivity index (χ2n) is 4.47. The van der Waals surface area contributed by atoms with Crippen molar-refractivity contribution < 1.29 is 27.8 Å². The molecule has 1 rings (SSSR count). The molecule has 0 aromatic carbocycles. The van der Waals surface area contributed by atoms with E-state index < -0.39 is 35.7 Å². The van der Waals surface area contributed by atoms with E-state index in [4.69, 9.17) is 0 Å². The number of carbonyl (C=O) groups excluding carboxylic acids is 1. The van der Waals surface area contributed by atoms with Crippen LogP contribution in [-0.2, 0) is 17.5 Å². The zero-order valence-corrected chi connectivity index (χ0v) is 10.7. The zero-order chi connectivity index (χ0) is 14.8. The first kappa shape index (κ1) is 15.4. The van der Waals surface area contributed by atoms with Crippen LogP contribution in [0.1, 0.15) is 37.0 Å². The summed E-state index contributed by atoms with van der Waals surface area (Å²) < 4.78 is 43.7. The minimum Gasteiger partial charge on any atom is -0.461 e. The molecule has 0 radical (unpaired) electrons. The maximum Gasteiger partial charge on any atom is 0.435 e. The van der Waals surface area contributed by atoms with Crippen molar-refractivity contribution in [2.45, 2.75) is 39.1 Å². The molecule has 0 bridgehead atoms. The molecule has 9 heteroatoms. The molecular formula is C10H14F3N3O3. The van der Waals surface area contributed by atoms with Crippen molar-refractivity contribution in [3.8, 4) is 0 Å². The van der Waals surface area contributed by atoms with Crippen molar-refractivity contribution in [1.29, 1.82) is 0 Å². The van der Waals surface area contributed by atoms with Gasteiger partial charge in [0.15, 0.2) is 5.69 Å². The van der Waals surface area contributed by atoms with E-state index in [0.717, 1.165) is 0 Å². The quantitative estimate of drug-likeness (QED) is 0.840. The molecule has 1 aromatic heterocycles. The van der Waals surface area contributed by atoms with Crippen LogP contribution in [-0.4, -0.2) is 38.3 Å². The highest BCUT2D eigenvalue weighted by atomic mass is 19.4. The highest BCUT2D eigenvalue weighted by molar-refractivity contribution is 5.88. The summed E-state index contributed by atoms with van der Waals surface area (Å²) in [4.78, 5) is 11.4. The lowest BCUT2D eigenvalue weighted by Crippen LogP contribution is -2.30. The maximum absolute atomic E-state index is 12.9. The fourth-order valence-electron chi connectivity index (χ4n) is 1.41. The van der Waals surface area contributed by atoms with E-state index in [-0.39, 0.29) is 6.61 Å². The Hall–Kier alpha value is -1.64. The number of alkyl halides is 3. The molecule has 0 fully saturated rings. The van der Waals surface area contributed by atoms with E-state index in [9.17, 15) is 23.1 Å². The molecule has 0 atom stereocenters. The zero-order valence-electron chi connectivity index (χ0n) is 10.7. The third-order valence-corrected chi connectivity index (χ3v) is 2.01. The molecule has 1 aromatic rings. The molecule has 1 heterocycles. The number of hydrogen-bond acceptors (Lipinski definition) is 5. The van der Waals surface area contributed by atoms with Crippen molar-refractivity contribution in [3.63, 3.8) is 0 Å². The van der Waals surface area contributed by atoms with Gasteiger partial charge in [-0.15, -0.1) is 5.10 Å². The van der Waals surface area contributed by atoms with Gasteiger partial charge in [0.25, 0.3) is 0 Å². The predicted octanol–water partition coefficient (Wildman–Crippen LogP) is 1.24. The molecule has 108 valence electrons. The highest BCUT2D eigenvalue weighted by Gasteiger charge is 2.42. The van der Waals surface area contributed by atoms with Crippen molar-refractivity contribution >= 4 is 5.97 Å². The number of carbonyl (C=O) groups is 1. The Morgan fingerprint density at radius 3 is 2.42 bits per heavy atom. The number of aliphatic hydroxyl groups is 1. The van der Waals surface area contributed by atoms with Crippen LogP contribution in [0.3, 0.4) is 0 Å². The average molecular weight is 281 g/mol. The molecule has 0 amide bonds. The lowest BCUT2D eigenvalue weighted by atomic mass is 10.1. The van der Waals surface area contributed by atoms with Crippen molar-refractivity contribution in [3.05, 3.63) is 11.4 Å². The molecule has 0 unspecified atom stereocenters. The lowest BCUT2D eigenvalue weighted by Gasteiger charge is -2.18. The SMILES string of the molecule is CCOC(=O)c1nnn(CC(C)(C)O)c1C(F)(F)F. The van der Waals surface area contributed by atoms with Crippen LogP contribution in [0, 0.1) is 0 Å². The Morgan fingerprint density at radius 1 is 1.42 bits per heavy atom. The number of aromatic nitrogens is 3. The molecule has 0 spiro atoms. The summed E-state index contributed by atoms with van der Waals surface area (Å²) in [5.41, 5.74) is -3.66. The topological polar surface area (TPSA) is 77.2 Å². The van der Waals surface area contributed by atoms with Gasteiger partial charge in [0.2, 0.25) is 5.69 Å². The van der Waals surface area contributed by atoms with Gasteiger partial charge in [-0.05, 0) is 20.8 Å². The fraction of sp³-hybridized carbons (Fsp3) is 0.700. The summed E-state index contributed by atoms with van der Waals surface area (Å²) in [5.74, 6) is -1.20. The van der Waals surface area contributed by atoms with Gasteiger partial charge in [-0.1, -0.05) is 5.21 Å². The third-order valence-electron chi connectivity index (χ3n) is 2.01. The molecule has 19 heavy (non-hydrogen) atoms. The second-order valence-corrected chi connectivity index (χ2v) is 4.47. The van der Waals surface area contributed by atoms with E-state index in [1.165, 1.54) is 20.8 Å². The van der Waals surface area contributed by atoms with Gasteiger partial charge >= 0.3 is 12.1 Å². The maximum atomic E-state index is 12.9. The highest BCUT2D eigenvalue weighted by Crippen LogP contribution is 2.32. The number of ether oxygens (including phenoxy) is 1. The average Bonchev–Trinajstić information content (AvgIpc) is 2.58. The molecule has 0 saturated heterocycles. The minimum atomic E-state index is -4.82. The molecule has 6 nitrogen and oxygen atoms in total. The van der Waals surface area contributed by atoms with Gasteiger partial charge in [0, 0.05) is 0 Å². The van der Waals surface area contributed by atoms with E-state index in [1.807, 2.05) is 0 Å². The van der Waals surface area contributed by atoms with E-state index in [2.05, 4.69) is 15.0 Å². The molecule has 0 saturated carbocycles. The van der Waals surface area contributed by atoms with E-state index >= 15 is 0 Å². The Bertz CT molecular complexity index is 463. The smallest absolute Gasteiger partial charge is 0.435 e. The summed E-state index contributed by atoms with van der Waals surface area (Å²) in [6, 6.07) is 0. The Kier molecular flexibility index (Phi) is 4.18. The van der Waals surface area contributed by atoms with Crippen molar-refractivity contribution in [2.75, 3.05) is 6.61 Å². The minimum absolute atomic E-state index is 0.0749. The summed E-state index contributed by atoms with van der Waals surface area (Å²) in [5, 5.41) is 16.0. The molecule has 0 aliphatic carbocycles. The van der Waals surface area contributed by atoms with Crippen LogP contribution in [0.25, 0.3) is 0 Å². The van der Waals surface area contributed by atoms with Crippen LogP contribution in [0.4, 0.5) is 13.2 Å². The van der Waals surface area contributed by atoms with Gasteiger partial charge < -0.3 is 9.84 Å². The molecule has 1 N–H and O–H groups in total. The van der Waals surface area contributed by atoms with E-state index in [0.29, 0.717) is 4.68 Å².